The topological polar surface area (TPSA) is 0 Å². The molecule has 51 heavy (non-hydrogen) atoms. The summed E-state index contributed by atoms with van der Waals surface area (Å²) in [5.74, 6) is 0. The average molecular weight is 667 g/mol. The maximum absolute atomic E-state index is 2.48. The van der Waals surface area contributed by atoms with Crippen molar-refractivity contribution < 1.29 is 0 Å². The molecule has 0 saturated carbocycles. The summed E-state index contributed by atoms with van der Waals surface area (Å²) < 4.78 is 0. The van der Waals surface area contributed by atoms with E-state index >= 15 is 0 Å². The minimum atomic E-state index is -2.10. The standard InChI is InChI=1S/C50H38Si/c1-3-51(4-2,46-32-28-37-24-23-34-15-11-16-35-27-31-45(46)49(37)47(34)35)38-29-25-36(26-30-38)48-41-18-7-9-20-43(41)50(44-21-10-8-19-42(44)48)40-22-12-14-33-13-5-6-17-39(33)40/h5-32H,3-4H2,1-2H3. The second-order valence-corrected chi connectivity index (χ2v) is 18.9. The van der Waals surface area contributed by atoms with Crippen LogP contribution in [0.15, 0.2) is 170 Å². The molecule has 0 nitrogen and oxygen atoms in total. The molecule has 0 unspecified atom stereocenters. The van der Waals surface area contributed by atoms with E-state index in [0.717, 1.165) is 0 Å². The van der Waals surface area contributed by atoms with Crippen LogP contribution >= 0.6 is 0 Å². The molecule has 0 aromatic heterocycles. The third-order valence-corrected chi connectivity index (χ3v) is 17.3. The average Bonchev–Trinajstić information content (AvgIpc) is 3.20. The fourth-order valence-corrected chi connectivity index (χ4v) is 13.8. The van der Waals surface area contributed by atoms with Crippen LogP contribution in [0.1, 0.15) is 13.8 Å². The van der Waals surface area contributed by atoms with E-state index in [1.807, 2.05) is 0 Å². The molecular formula is C50H38Si. The highest BCUT2D eigenvalue weighted by Crippen LogP contribution is 2.45. The van der Waals surface area contributed by atoms with Crippen molar-refractivity contribution in [1.29, 1.82) is 0 Å². The summed E-state index contributed by atoms with van der Waals surface area (Å²) in [7, 11) is -2.10. The monoisotopic (exact) mass is 666 g/mol. The van der Waals surface area contributed by atoms with Gasteiger partial charge in [0.15, 0.2) is 0 Å². The summed E-state index contributed by atoms with van der Waals surface area (Å²) in [6.07, 6.45) is 0. The smallest absolute Gasteiger partial charge is 0.0672 e. The van der Waals surface area contributed by atoms with Gasteiger partial charge in [0.25, 0.3) is 0 Å². The Labute approximate surface area is 300 Å². The van der Waals surface area contributed by atoms with Crippen LogP contribution < -0.4 is 10.4 Å². The van der Waals surface area contributed by atoms with Crippen LogP contribution in [0.5, 0.6) is 0 Å². The molecular weight excluding hydrogens is 629 g/mol. The molecule has 0 saturated heterocycles. The molecule has 0 aliphatic carbocycles. The summed E-state index contributed by atoms with van der Waals surface area (Å²) in [4.78, 5) is 0. The summed E-state index contributed by atoms with van der Waals surface area (Å²) in [5, 5.41) is 19.1. The van der Waals surface area contributed by atoms with E-state index in [4.69, 9.17) is 0 Å². The second-order valence-electron chi connectivity index (χ2n) is 14.2. The minimum Gasteiger partial charge on any atom is -0.0672 e. The fraction of sp³-hybridized carbons (Fsp3) is 0.0800. The number of hydrogen-bond acceptors (Lipinski definition) is 0. The Morgan fingerprint density at radius 2 is 0.843 bits per heavy atom. The van der Waals surface area contributed by atoms with Crippen molar-refractivity contribution in [1.82, 2.24) is 0 Å². The molecule has 0 fully saturated rings. The van der Waals surface area contributed by atoms with Gasteiger partial charge in [-0.3, -0.25) is 0 Å². The van der Waals surface area contributed by atoms with Crippen LogP contribution in [-0.2, 0) is 0 Å². The number of rotatable bonds is 6. The van der Waals surface area contributed by atoms with E-state index in [-0.39, 0.29) is 0 Å². The Balaban J connectivity index is 1.18. The Hall–Kier alpha value is -5.76. The zero-order chi connectivity index (χ0) is 34.1. The first-order valence-electron chi connectivity index (χ1n) is 18.4. The van der Waals surface area contributed by atoms with Crippen molar-refractivity contribution in [2.45, 2.75) is 25.9 Å². The molecule has 0 spiro atoms. The highest BCUT2D eigenvalue weighted by atomic mass is 28.3. The lowest BCUT2D eigenvalue weighted by molar-refractivity contribution is 1.29. The molecule has 10 rings (SSSR count). The molecule has 0 amide bonds. The zero-order valence-electron chi connectivity index (χ0n) is 29.1. The van der Waals surface area contributed by atoms with Gasteiger partial charge in [-0.2, -0.15) is 0 Å². The predicted octanol–water partition coefficient (Wildman–Crippen LogP) is 13.0. The number of hydrogen-bond donors (Lipinski definition) is 0. The largest absolute Gasteiger partial charge is 0.118 e. The molecule has 0 aliphatic heterocycles. The summed E-state index contributed by atoms with van der Waals surface area (Å²) in [6, 6.07) is 66.6. The quantitative estimate of drug-likeness (QED) is 0.0941. The van der Waals surface area contributed by atoms with Gasteiger partial charge in [-0.25, -0.2) is 0 Å². The molecule has 0 N–H and O–H groups in total. The molecule has 0 bridgehead atoms. The Morgan fingerprint density at radius 1 is 0.353 bits per heavy atom. The van der Waals surface area contributed by atoms with Gasteiger partial charge in [0, 0.05) is 0 Å². The van der Waals surface area contributed by atoms with Gasteiger partial charge in [0.2, 0.25) is 0 Å². The van der Waals surface area contributed by atoms with Gasteiger partial charge >= 0.3 is 0 Å². The summed E-state index contributed by atoms with van der Waals surface area (Å²) >= 11 is 0. The summed E-state index contributed by atoms with van der Waals surface area (Å²) in [6.45, 7) is 4.85. The summed E-state index contributed by atoms with van der Waals surface area (Å²) in [5.41, 5.74) is 5.20. The molecule has 0 radical (unpaired) electrons. The molecule has 0 heterocycles. The van der Waals surface area contributed by atoms with Gasteiger partial charge in [-0.05, 0) is 92.1 Å². The van der Waals surface area contributed by atoms with Crippen molar-refractivity contribution in [2.24, 2.45) is 0 Å². The lowest BCUT2D eigenvalue weighted by Gasteiger charge is -2.33. The number of benzene rings is 10. The number of fused-ring (bicyclic) bond motifs is 3. The van der Waals surface area contributed by atoms with E-state index in [1.54, 1.807) is 5.19 Å². The van der Waals surface area contributed by atoms with Crippen molar-refractivity contribution in [3.8, 4) is 22.3 Å². The van der Waals surface area contributed by atoms with Crippen LogP contribution in [0.25, 0.3) is 86.9 Å². The Bertz CT molecular complexity index is 2850. The first-order chi connectivity index (χ1) is 25.2. The maximum atomic E-state index is 2.48. The second kappa shape index (κ2) is 11.7. The van der Waals surface area contributed by atoms with Crippen molar-refractivity contribution >= 4 is 83.1 Å². The third kappa shape index (κ3) is 4.38. The van der Waals surface area contributed by atoms with E-state index in [0.29, 0.717) is 0 Å². The van der Waals surface area contributed by atoms with E-state index in [9.17, 15) is 0 Å². The van der Waals surface area contributed by atoms with Crippen LogP contribution in [-0.4, -0.2) is 8.07 Å². The van der Waals surface area contributed by atoms with E-state index in [1.165, 1.54) is 104 Å². The minimum absolute atomic E-state index is 1.17. The lowest BCUT2D eigenvalue weighted by Crippen LogP contribution is -2.57. The van der Waals surface area contributed by atoms with E-state index in [2.05, 4.69) is 184 Å². The van der Waals surface area contributed by atoms with Gasteiger partial charge in [-0.1, -0.05) is 201 Å². The zero-order valence-corrected chi connectivity index (χ0v) is 30.1. The van der Waals surface area contributed by atoms with E-state index < -0.39 is 8.07 Å². The highest BCUT2D eigenvalue weighted by molar-refractivity contribution is 7.03. The normalized spacial score (nSPS) is 12.3. The molecule has 1 heteroatoms. The SMILES string of the molecule is CC[Si](CC)(c1ccc(-c2c3ccccc3c(-c3cccc4ccccc34)c3ccccc23)cc1)c1ccc2ccc3cccc4ccc1c2c34. The predicted molar refractivity (Wildman–Crippen MR) is 226 cm³/mol. The molecule has 242 valence electrons. The third-order valence-electron chi connectivity index (χ3n) is 12.0. The van der Waals surface area contributed by atoms with Crippen molar-refractivity contribution in [2.75, 3.05) is 0 Å². The molecule has 0 aliphatic rings. The fourth-order valence-electron chi connectivity index (χ4n) is 9.48. The van der Waals surface area contributed by atoms with Gasteiger partial charge < -0.3 is 0 Å². The maximum Gasteiger partial charge on any atom is 0.118 e. The van der Waals surface area contributed by atoms with Gasteiger partial charge in [-0.15, -0.1) is 0 Å². The van der Waals surface area contributed by atoms with Gasteiger partial charge in [0.05, 0.1) is 0 Å². The Morgan fingerprint density at radius 3 is 1.49 bits per heavy atom. The first-order valence-corrected chi connectivity index (χ1v) is 20.8. The van der Waals surface area contributed by atoms with Crippen molar-refractivity contribution in [3.63, 3.8) is 0 Å². The van der Waals surface area contributed by atoms with Crippen LogP contribution in [0, 0.1) is 0 Å². The first kappa shape index (κ1) is 30.1. The van der Waals surface area contributed by atoms with Crippen molar-refractivity contribution in [3.05, 3.63) is 170 Å². The van der Waals surface area contributed by atoms with Crippen LogP contribution in [0.3, 0.4) is 0 Å². The highest BCUT2D eigenvalue weighted by Gasteiger charge is 2.35. The van der Waals surface area contributed by atoms with Crippen LogP contribution in [0.4, 0.5) is 0 Å². The Kier molecular flexibility index (Phi) is 6.88. The molecule has 0 atom stereocenters. The molecule has 10 aromatic carbocycles. The van der Waals surface area contributed by atoms with Crippen LogP contribution in [0.2, 0.25) is 12.1 Å². The van der Waals surface area contributed by atoms with Gasteiger partial charge in [0.1, 0.15) is 8.07 Å². The lowest BCUT2D eigenvalue weighted by atomic mass is 9.85. The molecule has 10 aromatic rings.